The third-order valence-electron chi connectivity index (χ3n) is 2.13. The Morgan fingerprint density at radius 2 is 1.73 bits per heavy atom. The van der Waals surface area contributed by atoms with Crippen LogP contribution in [0.5, 0.6) is 0 Å². The first-order chi connectivity index (χ1) is 7.02. The van der Waals surface area contributed by atoms with Crippen molar-refractivity contribution < 1.29 is 4.79 Å². The number of hydrogen-bond donors (Lipinski definition) is 2. The van der Waals surface area contributed by atoms with Crippen LogP contribution in [0.4, 0.5) is 0 Å². The molecule has 90 valence electrons. The SMILES string of the molecule is CC(C)CCNC(=O)CCNCC(C)C. The van der Waals surface area contributed by atoms with Gasteiger partial charge in [0.2, 0.25) is 5.91 Å². The lowest BCUT2D eigenvalue weighted by Crippen LogP contribution is -2.30. The van der Waals surface area contributed by atoms with Gasteiger partial charge in [-0.1, -0.05) is 27.7 Å². The van der Waals surface area contributed by atoms with Crippen LogP contribution in [0.1, 0.15) is 40.5 Å². The summed E-state index contributed by atoms with van der Waals surface area (Å²) in [5.74, 6) is 1.46. The lowest BCUT2D eigenvalue weighted by Gasteiger charge is -2.08. The Hall–Kier alpha value is -0.570. The highest BCUT2D eigenvalue weighted by Crippen LogP contribution is 1.96. The molecule has 0 fully saturated rings. The Bertz CT molecular complexity index is 167. The van der Waals surface area contributed by atoms with Crippen molar-refractivity contribution in [1.82, 2.24) is 10.6 Å². The zero-order valence-corrected chi connectivity index (χ0v) is 10.6. The Balaban J connectivity index is 3.26. The van der Waals surface area contributed by atoms with Crippen molar-refractivity contribution in [3.8, 4) is 0 Å². The van der Waals surface area contributed by atoms with Gasteiger partial charge in [-0.2, -0.15) is 0 Å². The topological polar surface area (TPSA) is 41.1 Å². The summed E-state index contributed by atoms with van der Waals surface area (Å²) in [6.07, 6.45) is 1.65. The molecule has 0 unspecified atom stereocenters. The van der Waals surface area contributed by atoms with Crippen LogP contribution in [-0.2, 0) is 4.79 Å². The van der Waals surface area contributed by atoms with Crippen LogP contribution in [0.2, 0.25) is 0 Å². The second-order valence-corrected chi connectivity index (χ2v) is 4.88. The van der Waals surface area contributed by atoms with Crippen LogP contribution < -0.4 is 10.6 Å². The van der Waals surface area contributed by atoms with Crippen molar-refractivity contribution in [3.63, 3.8) is 0 Å². The van der Waals surface area contributed by atoms with E-state index in [1.54, 1.807) is 0 Å². The molecule has 0 aromatic heterocycles. The van der Waals surface area contributed by atoms with Crippen LogP contribution in [0.3, 0.4) is 0 Å². The van der Waals surface area contributed by atoms with E-state index in [1.165, 1.54) is 0 Å². The normalized spacial score (nSPS) is 11.1. The summed E-state index contributed by atoms with van der Waals surface area (Å²) in [4.78, 5) is 11.3. The van der Waals surface area contributed by atoms with Crippen molar-refractivity contribution in [2.75, 3.05) is 19.6 Å². The molecule has 0 aromatic rings. The van der Waals surface area contributed by atoms with E-state index in [0.717, 1.165) is 26.1 Å². The highest BCUT2D eigenvalue weighted by molar-refractivity contribution is 5.75. The van der Waals surface area contributed by atoms with Crippen LogP contribution in [0.25, 0.3) is 0 Å². The molecule has 3 heteroatoms. The maximum Gasteiger partial charge on any atom is 0.221 e. The molecule has 0 aliphatic carbocycles. The van der Waals surface area contributed by atoms with Crippen LogP contribution >= 0.6 is 0 Å². The number of hydrogen-bond acceptors (Lipinski definition) is 2. The fraction of sp³-hybridized carbons (Fsp3) is 0.917. The first-order valence-corrected chi connectivity index (χ1v) is 5.99. The predicted octanol–water partition coefficient (Wildman–Crippen LogP) is 1.78. The molecule has 0 aliphatic rings. The predicted molar refractivity (Wildman–Crippen MR) is 64.8 cm³/mol. The number of carbonyl (C=O) groups excluding carboxylic acids is 1. The molecule has 0 aliphatic heterocycles. The van der Waals surface area contributed by atoms with Gasteiger partial charge in [-0.05, 0) is 24.8 Å². The first-order valence-electron chi connectivity index (χ1n) is 5.99. The molecule has 0 spiro atoms. The second-order valence-electron chi connectivity index (χ2n) is 4.88. The Labute approximate surface area is 94.0 Å². The maximum absolute atomic E-state index is 11.3. The van der Waals surface area contributed by atoms with Crippen LogP contribution in [0, 0.1) is 11.8 Å². The van der Waals surface area contributed by atoms with Gasteiger partial charge in [-0.3, -0.25) is 4.79 Å². The van der Waals surface area contributed by atoms with Crippen LogP contribution in [0.15, 0.2) is 0 Å². The summed E-state index contributed by atoms with van der Waals surface area (Å²) in [6, 6.07) is 0. The lowest BCUT2D eigenvalue weighted by atomic mass is 10.1. The third-order valence-corrected chi connectivity index (χ3v) is 2.13. The average Bonchev–Trinajstić information content (AvgIpc) is 2.11. The van der Waals surface area contributed by atoms with Gasteiger partial charge in [0.15, 0.2) is 0 Å². The van der Waals surface area contributed by atoms with Gasteiger partial charge < -0.3 is 10.6 Å². The average molecular weight is 214 g/mol. The van der Waals surface area contributed by atoms with E-state index in [4.69, 9.17) is 0 Å². The summed E-state index contributed by atoms with van der Waals surface area (Å²) in [5, 5.41) is 6.18. The number of carbonyl (C=O) groups is 1. The molecule has 2 N–H and O–H groups in total. The maximum atomic E-state index is 11.3. The number of amides is 1. The minimum atomic E-state index is 0.159. The van der Waals surface area contributed by atoms with Gasteiger partial charge in [-0.15, -0.1) is 0 Å². The van der Waals surface area contributed by atoms with Crippen molar-refractivity contribution in [2.45, 2.75) is 40.5 Å². The molecule has 1 amide bonds. The third kappa shape index (κ3) is 11.4. The van der Waals surface area contributed by atoms with Gasteiger partial charge in [0, 0.05) is 19.5 Å². The van der Waals surface area contributed by atoms with E-state index in [0.29, 0.717) is 18.3 Å². The first kappa shape index (κ1) is 14.4. The highest BCUT2D eigenvalue weighted by Gasteiger charge is 2.01. The van der Waals surface area contributed by atoms with Crippen molar-refractivity contribution in [1.29, 1.82) is 0 Å². The van der Waals surface area contributed by atoms with Gasteiger partial charge >= 0.3 is 0 Å². The Morgan fingerprint density at radius 3 is 2.27 bits per heavy atom. The van der Waals surface area contributed by atoms with E-state index in [1.807, 2.05) is 0 Å². The lowest BCUT2D eigenvalue weighted by molar-refractivity contribution is -0.121. The molecule has 0 atom stereocenters. The monoisotopic (exact) mass is 214 g/mol. The molecule has 3 nitrogen and oxygen atoms in total. The molecule has 0 rings (SSSR count). The highest BCUT2D eigenvalue weighted by atomic mass is 16.1. The van der Waals surface area contributed by atoms with E-state index in [2.05, 4.69) is 38.3 Å². The minimum Gasteiger partial charge on any atom is -0.356 e. The molecule has 15 heavy (non-hydrogen) atoms. The van der Waals surface area contributed by atoms with E-state index < -0.39 is 0 Å². The molecular formula is C12H26N2O. The van der Waals surface area contributed by atoms with Crippen molar-refractivity contribution in [2.24, 2.45) is 11.8 Å². The molecule has 0 bridgehead atoms. The van der Waals surface area contributed by atoms with Crippen molar-refractivity contribution in [3.05, 3.63) is 0 Å². The van der Waals surface area contributed by atoms with E-state index in [-0.39, 0.29) is 5.91 Å². The zero-order chi connectivity index (χ0) is 11.7. The fourth-order valence-electron chi connectivity index (χ4n) is 1.18. The number of rotatable bonds is 8. The summed E-state index contributed by atoms with van der Waals surface area (Å²) in [5.41, 5.74) is 0. The van der Waals surface area contributed by atoms with Crippen LogP contribution in [-0.4, -0.2) is 25.5 Å². The summed E-state index contributed by atoms with van der Waals surface area (Å²) >= 11 is 0. The van der Waals surface area contributed by atoms with Gasteiger partial charge in [-0.25, -0.2) is 0 Å². The molecule has 0 radical (unpaired) electrons. The number of nitrogens with one attached hydrogen (secondary N) is 2. The van der Waals surface area contributed by atoms with E-state index in [9.17, 15) is 4.79 Å². The molecular weight excluding hydrogens is 188 g/mol. The van der Waals surface area contributed by atoms with Gasteiger partial charge in [0.1, 0.15) is 0 Å². The van der Waals surface area contributed by atoms with Gasteiger partial charge in [0.05, 0.1) is 0 Å². The summed E-state index contributed by atoms with van der Waals surface area (Å²) in [7, 11) is 0. The molecule has 0 saturated carbocycles. The standard InChI is InChI=1S/C12H26N2O/c1-10(2)5-8-14-12(15)6-7-13-9-11(3)4/h10-11,13H,5-9H2,1-4H3,(H,14,15). The Morgan fingerprint density at radius 1 is 1.07 bits per heavy atom. The largest absolute Gasteiger partial charge is 0.356 e. The van der Waals surface area contributed by atoms with Gasteiger partial charge in [0.25, 0.3) is 0 Å². The van der Waals surface area contributed by atoms with Crippen molar-refractivity contribution >= 4 is 5.91 Å². The summed E-state index contributed by atoms with van der Waals surface area (Å²) < 4.78 is 0. The minimum absolute atomic E-state index is 0.159. The molecule has 0 heterocycles. The molecule has 0 saturated heterocycles. The molecule has 0 aromatic carbocycles. The Kier molecular flexibility index (Phi) is 8.38. The van der Waals surface area contributed by atoms with E-state index >= 15 is 0 Å². The second kappa shape index (κ2) is 8.72. The zero-order valence-electron chi connectivity index (χ0n) is 10.6. The fourth-order valence-corrected chi connectivity index (χ4v) is 1.18. The smallest absolute Gasteiger partial charge is 0.221 e. The quantitative estimate of drug-likeness (QED) is 0.605. The summed E-state index contributed by atoms with van der Waals surface area (Å²) in [6.45, 7) is 11.2.